The van der Waals surface area contributed by atoms with E-state index < -0.39 is 10.0 Å². The highest BCUT2D eigenvalue weighted by Crippen LogP contribution is 2.23. The smallest absolute Gasteiger partial charge is 0.251 e. The predicted molar refractivity (Wildman–Crippen MR) is 97.3 cm³/mol. The molecule has 0 aliphatic carbocycles. The van der Waals surface area contributed by atoms with E-state index in [1.807, 2.05) is 6.92 Å². The van der Waals surface area contributed by atoms with Crippen LogP contribution in [0.4, 0.5) is 0 Å². The van der Waals surface area contributed by atoms with Gasteiger partial charge in [-0.05, 0) is 30.5 Å². The summed E-state index contributed by atoms with van der Waals surface area (Å²) in [5, 5.41) is 2.86. The fourth-order valence-electron chi connectivity index (χ4n) is 2.83. The molecular weight excluding hydrogens is 340 g/mol. The van der Waals surface area contributed by atoms with Gasteiger partial charge in [-0.3, -0.25) is 4.79 Å². The first-order valence-corrected chi connectivity index (χ1v) is 10.4. The maximum Gasteiger partial charge on any atom is 0.251 e. The van der Waals surface area contributed by atoms with Crippen LogP contribution in [0.25, 0.3) is 0 Å². The molecule has 140 valence electrons. The lowest BCUT2D eigenvalue weighted by molar-refractivity contribution is 0.0730. The van der Waals surface area contributed by atoms with Gasteiger partial charge < -0.3 is 10.1 Å². The summed E-state index contributed by atoms with van der Waals surface area (Å²) in [4.78, 5) is 12.6. The number of ether oxygens (including phenoxy) is 1. The van der Waals surface area contributed by atoms with Gasteiger partial charge in [-0.15, -0.1) is 0 Å². The van der Waals surface area contributed by atoms with Gasteiger partial charge in [-0.1, -0.05) is 32.8 Å². The number of hydrogen-bond acceptors (Lipinski definition) is 4. The van der Waals surface area contributed by atoms with E-state index >= 15 is 0 Å². The van der Waals surface area contributed by atoms with Crippen molar-refractivity contribution in [3.63, 3.8) is 0 Å². The van der Waals surface area contributed by atoms with Crippen LogP contribution in [0, 0.1) is 0 Å². The van der Waals surface area contributed by atoms with E-state index in [1.54, 1.807) is 12.1 Å². The minimum atomic E-state index is -3.62. The molecule has 0 bridgehead atoms. The van der Waals surface area contributed by atoms with Crippen LogP contribution in [0.1, 0.15) is 49.0 Å². The Hall–Kier alpha value is -1.44. The fraction of sp³-hybridized carbons (Fsp3) is 0.611. The molecule has 0 aromatic heterocycles. The maximum atomic E-state index is 13.0. The SMILES string of the molecule is CCCCCNC(=O)c1ccc(CC)c(S(=O)(=O)N2CCOCC2)c1. The van der Waals surface area contributed by atoms with Crippen molar-refractivity contribution in [2.45, 2.75) is 44.4 Å². The molecule has 0 atom stereocenters. The predicted octanol–water partition coefficient (Wildman–Crippen LogP) is 2.19. The minimum Gasteiger partial charge on any atom is -0.379 e. The Morgan fingerprint density at radius 1 is 1.20 bits per heavy atom. The zero-order valence-electron chi connectivity index (χ0n) is 15.1. The lowest BCUT2D eigenvalue weighted by Crippen LogP contribution is -2.41. The summed E-state index contributed by atoms with van der Waals surface area (Å²) in [6, 6.07) is 4.96. The van der Waals surface area contributed by atoms with E-state index in [0.717, 1.165) is 24.8 Å². The van der Waals surface area contributed by atoms with Crippen LogP contribution in [0.5, 0.6) is 0 Å². The van der Waals surface area contributed by atoms with Crippen LogP contribution < -0.4 is 5.32 Å². The van der Waals surface area contributed by atoms with Gasteiger partial charge in [0.2, 0.25) is 10.0 Å². The van der Waals surface area contributed by atoms with Gasteiger partial charge in [0.05, 0.1) is 18.1 Å². The number of benzene rings is 1. The number of amides is 1. The van der Waals surface area contributed by atoms with Crippen molar-refractivity contribution >= 4 is 15.9 Å². The molecule has 1 heterocycles. The molecule has 1 aliphatic rings. The number of rotatable bonds is 8. The van der Waals surface area contributed by atoms with Crippen LogP contribution >= 0.6 is 0 Å². The Bertz CT molecular complexity index is 682. The molecule has 25 heavy (non-hydrogen) atoms. The Labute approximate surface area is 150 Å². The molecule has 1 N–H and O–H groups in total. The summed E-state index contributed by atoms with van der Waals surface area (Å²) in [6.45, 7) is 6.12. The van der Waals surface area contributed by atoms with E-state index in [0.29, 0.717) is 44.8 Å². The molecule has 1 aromatic rings. The molecule has 1 fully saturated rings. The lowest BCUT2D eigenvalue weighted by atomic mass is 10.1. The summed E-state index contributed by atoms with van der Waals surface area (Å²) < 4.78 is 32.6. The van der Waals surface area contributed by atoms with Crippen LogP contribution in [-0.4, -0.2) is 51.5 Å². The van der Waals surface area contributed by atoms with Crippen molar-refractivity contribution < 1.29 is 17.9 Å². The van der Waals surface area contributed by atoms with Crippen LogP contribution in [0.15, 0.2) is 23.1 Å². The zero-order chi connectivity index (χ0) is 18.3. The lowest BCUT2D eigenvalue weighted by Gasteiger charge is -2.27. The second-order valence-electron chi connectivity index (χ2n) is 6.16. The summed E-state index contributed by atoms with van der Waals surface area (Å²) in [5.41, 5.74) is 1.12. The molecule has 6 nitrogen and oxygen atoms in total. The Balaban J connectivity index is 2.23. The van der Waals surface area contributed by atoms with E-state index in [1.165, 1.54) is 10.4 Å². The van der Waals surface area contributed by atoms with E-state index in [-0.39, 0.29) is 10.8 Å². The molecule has 0 unspecified atom stereocenters. The molecule has 0 radical (unpaired) electrons. The van der Waals surface area contributed by atoms with Gasteiger partial charge in [0.15, 0.2) is 0 Å². The second kappa shape index (κ2) is 9.31. The first-order valence-electron chi connectivity index (χ1n) is 8.99. The third-order valence-electron chi connectivity index (χ3n) is 4.36. The van der Waals surface area contributed by atoms with Crippen molar-refractivity contribution in [2.75, 3.05) is 32.8 Å². The molecule has 7 heteroatoms. The van der Waals surface area contributed by atoms with Crippen molar-refractivity contribution in [3.8, 4) is 0 Å². The fourth-order valence-corrected chi connectivity index (χ4v) is 4.56. The number of unbranched alkanes of at least 4 members (excludes halogenated alkanes) is 2. The second-order valence-corrected chi connectivity index (χ2v) is 8.06. The average Bonchev–Trinajstić information content (AvgIpc) is 2.65. The molecule has 1 aliphatic heterocycles. The van der Waals surface area contributed by atoms with Crippen molar-refractivity contribution in [3.05, 3.63) is 29.3 Å². The number of carbonyl (C=O) groups excluding carboxylic acids is 1. The molecule has 1 saturated heterocycles. The number of nitrogens with one attached hydrogen (secondary N) is 1. The maximum absolute atomic E-state index is 13.0. The molecule has 2 rings (SSSR count). The van der Waals surface area contributed by atoms with E-state index in [4.69, 9.17) is 4.74 Å². The monoisotopic (exact) mass is 368 g/mol. The largest absolute Gasteiger partial charge is 0.379 e. The first kappa shape index (κ1) is 19.9. The quantitative estimate of drug-likeness (QED) is 0.714. The van der Waals surface area contributed by atoms with Gasteiger partial charge in [0.25, 0.3) is 5.91 Å². The van der Waals surface area contributed by atoms with Gasteiger partial charge in [0, 0.05) is 25.2 Å². The summed E-state index contributed by atoms with van der Waals surface area (Å²) in [5.74, 6) is -0.225. The summed E-state index contributed by atoms with van der Waals surface area (Å²) in [6.07, 6.45) is 3.67. The molecule has 1 aromatic carbocycles. The first-order chi connectivity index (χ1) is 12.0. The third-order valence-corrected chi connectivity index (χ3v) is 6.34. The van der Waals surface area contributed by atoms with Gasteiger partial charge in [0.1, 0.15) is 0 Å². The van der Waals surface area contributed by atoms with Gasteiger partial charge >= 0.3 is 0 Å². The Morgan fingerprint density at radius 3 is 2.56 bits per heavy atom. The number of hydrogen-bond donors (Lipinski definition) is 1. The molecule has 1 amide bonds. The van der Waals surface area contributed by atoms with Crippen molar-refractivity contribution in [1.82, 2.24) is 9.62 Å². The van der Waals surface area contributed by atoms with Crippen LogP contribution in [-0.2, 0) is 21.2 Å². The van der Waals surface area contributed by atoms with Gasteiger partial charge in [-0.25, -0.2) is 8.42 Å². The molecular formula is C18H28N2O4S. The average molecular weight is 368 g/mol. The highest BCUT2D eigenvalue weighted by atomic mass is 32.2. The Morgan fingerprint density at radius 2 is 1.92 bits per heavy atom. The summed E-state index contributed by atoms with van der Waals surface area (Å²) in [7, 11) is -3.62. The molecule has 0 spiro atoms. The van der Waals surface area contributed by atoms with E-state index in [9.17, 15) is 13.2 Å². The van der Waals surface area contributed by atoms with Crippen LogP contribution in [0.2, 0.25) is 0 Å². The van der Waals surface area contributed by atoms with Gasteiger partial charge in [-0.2, -0.15) is 4.31 Å². The topological polar surface area (TPSA) is 75.7 Å². The van der Waals surface area contributed by atoms with Crippen LogP contribution in [0.3, 0.4) is 0 Å². The van der Waals surface area contributed by atoms with Crippen molar-refractivity contribution in [2.24, 2.45) is 0 Å². The Kier molecular flexibility index (Phi) is 7.40. The normalized spacial score (nSPS) is 15.9. The van der Waals surface area contributed by atoms with Crippen molar-refractivity contribution in [1.29, 1.82) is 0 Å². The highest BCUT2D eigenvalue weighted by Gasteiger charge is 2.28. The van der Waals surface area contributed by atoms with E-state index in [2.05, 4.69) is 12.2 Å². The number of sulfonamides is 1. The zero-order valence-corrected chi connectivity index (χ0v) is 15.9. The number of nitrogens with zero attached hydrogens (tertiary/aromatic N) is 1. The number of morpholine rings is 1. The summed E-state index contributed by atoms with van der Waals surface area (Å²) >= 11 is 0. The standard InChI is InChI=1S/C18H28N2O4S/c1-3-5-6-9-19-18(21)16-8-7-15(4-2)17(14-16)25(22,23)20-10-12-24-13-11-20/h7-8,14H,3-6,9-13H2,1-2H3,(H,19,21). The molecule has 0 saturated carbocycles. The number of carbonyl (C=O) groups is 1. The minimum absolute atomic E-state index is 0.225. The number of aryl methyl sites for hydroxylation is 1. The highest BCUT2D eigenvalue weighted by molar-refractivity contribution is 7.89. The third kappa shape index (κ3) is 5.03.